The number of aromatic nitrogens is 5. The van der Waals surface area contributed by atoms with Crippen molar-refractivity contribution < 1.29 is 23.4 Å². The second kappa shape index (κ2) is 11.1. The van der Waals surface area contributed by atoms with E-state index in [1.54, 1.807) is 19.1 Å². The highest BCUT2D eigenvalue weighted by Crippen LogP contribution is 2.39. The predicted molar refractivity (Wildman–Crippen MR) is 150 cm³/mol. The number of nitrogens with one attached hydrogen (secondary N) is 2. The summed E-state index contributed by atoms with van der Waals surface area (Å²) in [5, 5.41) is 24.3. The van der Waals surface area contributed by atoms with Gasteiger partial charge in [0.2, 0.25) is 0 Å². The summed E-state index contributed by atoms with van der Waals surface area (Å²) in [7, 11) is 0. The van der Waals surface area contributed by atoms with Gasteiger partial charge in [0.1, 0.15) is 17.0 Å². The van der Waals surface area contributed by atoms with Crippen LogP contribution in [0.3, 0.4) is 0 Å². The summed E-state index contributed by atoms with van der Waals surface area (Å²) < 4.78 is 35.7. The Kier molecular flexibility index (Phi) is 7.21. The van der Waals surface area contributed by atoms with Gasteiger partial charge in [0.25, 0.3) is 5.56 Å². The summed E-state index contributed by atoms with van der Waals surface area (Å²) >= 11 is 0. The van der Waals surface area contributed by atoms with Gasteiger partial charge in [0.15, 0.2) is 28.8 Å². The van der Waals surface area contributed by atoms with E-state index in [0.717, 1.165) is 17.5 Å². The Morgan fingerprint density at radius 1 is 1.14 bits per heavy atom. The number of carbonyl (C=O) groups excluding carboxylic acids is 1. The van der Waals surface area contributed by atoms with Crippen LogP contribution in [0.5, 0.6) is 11.5 Å². The first-order chi connectivity index (χ1) is 20.3. The predicted octanol–water partition coefficient (Wildman–Crippen LogP) is 4.67. The molecule has 5 aromatic rings. The average molecular weight is 573 g/mol. The molecule has 214 valence electrons. The van der Waals surface area contributed by atoms with E-state index in [4.69, 9.17) is 4.74 Å². The number of hydrogen-bond donors (Lipinski definition) is 3. The number of halogens is 2. The molecule has 3 N–H and O–H groups in total. The van der Waals surface area contributed by atoms with Crippen LogP contribution >= 0.6 is 0 Å². The Labute approximate surface area is 238 Å². The fraction of sp³-hybridized carbons (Fsp3) is 0.233. The van der Waals surface area contributed by atoms with E-state index in [-0.39, 0.29) is 42.0 Å². The average Bonchev–Trinajstić information content (AvgIpc) is 3.76. The van der Waals surface area contributed by atoms with E-state index in [9.17, 15) is 19.1 Å². The van der Waals surface area contributed by atoms with Gasteiger partial charge in [-0.05, 0) is 67.8 Å². The molecule has 1 saturated carbocycles. The summed E-state index contributed by atoms with van der Waals surface area (Å²) in [5.74, 6) is -0.904. The smallest absolute Gasteiger partial charge is 0.282 e. The molecule has 0 saturated heterocycles. The largest absolute Gasteiger partial charge is 0.453 e. The number of carbonyl (C=O) groups is 1. The third-order valence-electron chi connectivity index (χ3n) is 6.96. The van der Waals surface area contributed by atoms with Crippen LogP contribution in [0.15, 0.2) is 65.6 Å². The molecule has 6 rings (SSSR count). The Bertz CT molecular complexity index is 1850. The summed E-state index contributed by atoms with van der Waals surface area (Å²) in [6, 6.07) is 12.2. The number of ether oxygens (including phenoxy) is 1. The van der Waals surface area contributed by atoms with Gasteiger partial charge < -0.3 is 15.2 Å². The zero-order valence-electron chi connectivity index (χ0n) is 22.5. The number of rotatable bonds is 10. The maximum Gasteiger partial charge on any atom is 0.282 e. The van der Waals surface area contributed by atoms with Gasteiger partial charge >= 0.3 is 0 Å². The van der Waals surface area contributed by atoms with Gasteiger partial charge in [0.05, 0.1) is 23.6 Å². The van der Waals surface area contributed by atoms with Crippen LogP contribution in [-0.2, 0) is 6.42 Å². The second-order valence-corrected chi connectivity index (χ2v) is 10.3. The van der Waals surface area contributed by atoms with Gasteiger partial charge in [-0.15, -0.1) is 0 Å². The molecule has 10 nitrogen and oxygen atoms in total. The minimum absolute atomic E-state index is 0.0618. The summed E-state index contributed by atoms with van der Waals surface area (Å²) in [5.41, 5.74) is 1.04. The lowest BCUT2D eigenvalue weighted by Gasteiger charge is -2.13. The molecule has 2 aromatic carbocycles. The lowest BCUT2D eigenvalue weighted by molar-refractivity contribution is 0.0990. The number of H-pyrrole nitrogens is 1. The maximum absolute atomic E-state index is 15.2. The Hall–Kier alpha value is -4.97. The molecule has 1 aliphatic carbocycles. The van der Waals surface area contributed by atoms with Crippen molar-refractivity contribution in [3.8, 4) is 17.2 Å². The SMILES string of the molecule is C[C@H](CO)Nc1n[nH]c2nccc(Oc3ccc(CC(=O)c4cc(C5CC5)nn(-c5ccc(F)cc5)c4=O)cc3F)c12. The van der Waals surface area contributed by atoms with Crippen molar-refractivity contribution >= 4 is 22.6 Å². The van der Waals surface area contributed by atoms with Crippen LogP contribution in [0.4, 0.5) is 14.6 Å². The van der Waals surface area contributed by atoms with Gasteiger partial charge in [-0.1, -0.05) is 6.07 Å². The van der Waals surface area contributed by atoms with E-state index >= 15 is 4.39 Å². The molecule has 12 heteroatoms. The van der Waals surface area contributed by atoms with E-state index in [1.807, 2.05) is 0 Å². The molecule has 0 unspecified atom stereocenters. The number of aliphatic hydroxyl groups excluding tert-OH is 1. The van der Waals surface area contributed by atoms with Crippen molar-refractivity contribution in [1.29, 1.82) is 0 Å². The minimum atomic E-state index is -0.705. The highest BCUT2D eigenvalue weighted by molar-refractivity contribution is 5.97. The van der Waals surface area contributed by atoms with Crippen molar-refractivity contribution in [3.05, 3.63) is 99.6 Å². The lowest BCUT2D eigenvalue weighted by atomic mass is 10.0. The van der Waals surface area contributed by atoms with Crippen molar-refractivity contribution in [2.75, 3.05) is 11.9 Å². The second-order valence-electron chi connectivity index (χ2n) is 10.3. The zero-order valence-corrected chi connectivity index (χ0v) is 22.5. The Morgan fingerprint density at radius 2 is 1.93 bits per heavy atom. The third kappa shape index (κ3) is 5.48. The van der Waals surface area contributed by atoms with Gasteiger partial charge in [-0.2, -0.15) is 14.9 Å². The number of pyridine rings is 1. The van der Waals surface area contributed by atoms with E-state index < -0.39 is 23.0 Å². The minimum Gasteiger partial charge on any atom is -0.453 e. The van der Waals surface area contributed by atoms with Crippen molar-refractivity contribution in [2.24, 2.45) is 0 Å². The van der Waals surface area contributed by atoms with Crippen LogP contribution in [0.2, 0.25) is 0 Å². The fourth-order valence-corrected chi connectivity index (χ4v) is 4.58. The number of aliphatic hydroxyl groups is 1. The molecule has 0 bridgehead atoms. The molecule has 3 aromatic heterocycles. The summed E-state index contributed by atoms with van der Waals surface area (Å²) in [4.78, 5) is 30.8. The monoisotopic (exact) mass is 572 g/mol. The molecule has 0 aliphatic heterocycles. The summed E-state index contributed by atoms with van der Waals surface area (Å²) in [6.45, 7) is 1.65. The van der Waals surface area contributed by atoms with E-state index in [1.165, 1.54) is 48.7 Å². The van der Waals surface area contributed by atoms with Crippen LogP contribution in [-0.4, -0.2) is 48.5 Å². The molecule has 1 atom stereocenters. The first-order valence-electron chi connectivity index (χ1n) is 13.4. The number of Topliss-reactive ketones (excluding diaryl/α,β-unsaturated/α-hetero) is 1. The van der Waals surface area contributed by atoms with Gasteiger partial charge in [-0.25, -0.2) is 13.8 Å². The number of anilines is 1. The zero-order chi connectivity index (χ0) is 29.4. The molecule has 0 amide bonds. The van der Waals surface area contributed by atoms with Gasteiger partial charge in [-0.3, -0.25) is 14.7 Å². The number of aromatic amines is 1. The number of fused-ring (bicyclic) bond motifs is 1. The van der Waals surface area contributed by atoms with E-state index in [2.05, 4.69) is 25.6 Å². The van der Waals surface area contributed by atoms with Crippen LogP contribution in [0.1, 0.15) is 47.3 Å². The van der Waals surface area contributed by atoms with Gasteiger partial charge in [0, 0.05) is 30.6 Å². The van der Waals surface area contributed by atoms with Crippen molar-refractivity contribution in [1.82, 2.24) is 25.0 Å². The first kappa shape index (κ1) is 27.2. The molecule has 0 spiro atoms. The standard InChI is InChI=1S/C30H26F2N6O4/c1-16(15-39)34-29-27-26(10-11-33-28(27)35-36-29)42-25-9-2-17(12-22(25)32)13-24(40)21-14-23(18-3-4-18)37-38(30(21)41)20-7-5-19(31)6-8-20/h2,5-12,14,16,18,39H,3-4,13,15H2,1H3,(H2,33,34,35,36)/t16-/m1/s1. The highest BCUT2D eigenvalue weighted by Gasteiger charge is 2.28. The summed E-state index contributed by atoms with van der Waals surface area (Å²) in [6.07, 6.45) is 3.06. The van der Waals surface area contributed by atoms with Crippen LogP contribution in [0.25, 0.3) is 16.7 Å². The number of hydrogen-bond acceptors (Lipinski definition) is 8. The van der Waals surface area contributed by atoms with Crippen molar-refractivity contribution in [3.63, 3.8) is 0 Å². The molecule has 0 radical (unpaired) electrons. The fourth-order valence-electron chi connectivity index (χ4n) is 4.58. The highest BCUT2D eigenvalue weighted by atomic mass is 19.1. The maximum atomic E-state index is 15.2. The van der Waals surface area contributed by atoms with E-state index in [0.29, 0.717) is 33.8 Å². The molecular weight excluding hydrogens is 546 g/mol. The lowest BCUT2D eigenvalue weighted by Crippen LogP contribution is -2.29. The Morgan fingerprint density at radius 3 is 2.64 bits per heavy atom. The Balaban J connectivity index is 1.26. The normalized spacial score (nSPS) is 13.7. The number of nitrogens with zero attached hydrogens (tertiary/aromatic N) is 4. The van der Waals surface area contributed by atoms with Crippen LogP contribution < -0.4 is 15.6 Å². The first-order valence-corrected chi connectivity index (χ1v) is 13.4. The number of ketones is 1. The molecule has 42 heavy (non-hydrogen) atoms. The van der Waals surface area contributed by atoms with Crippen LogP contribution in [0, 0.1) is 11.6 Å². The van der Waals surface area contributed by atoms with Crippen molar-refractivity contribution in [2.45, 2.75) is 38.1 Å². The topological polar surface area (TPSA) is 135 Å². The third-order valence-corrected chi connectivity index (χ3v) is 6.96. The molecule has 3 heterocycles. The number of benzene rings is 2. The molecule has 1 fully saturated rings. The quantitative estimate of drug-likeness (QED) is 0.206. The molecule has 1 aliphatic rings. The molecular formula is C30H26F2N6O4.